The Morgan fingerprint density at radius 1 is 1.21 bits per heavy atom. The topological polar surface area (TPSA) is 46.2 Å². The molecule has 2 rings (SSSR count). The summed E-state index contributed by atoms with van der Waals surface area (Å²) >= 11 is 4.98. The molecule has 1 aromatic carbocycles. The van der Waals surface area contributed by atoms with Crippen LogP contribution in [0.4, 0.5) is 0 Å². The van der Waals surface area contributed by atoms with Gasteiger partial charge in [0.05, 0.1) is 9.89 Å². The molecule has 1 aromatic heterocycles. The molecule has 0 aliphatic rings. The van der Waals surface area contributed by atoms with Crippen LogP contribution in [0.5, 0.6) is 0 Å². The second-order valence-corrected chi connectivity index (χ2v) is 7.27. The van der Waals surface area contributed by atoms with Crippen LogP contribution < -0.4 is 5.73 Å². The molecule has 0 radical (unpaired) electrons. The number of aliphatic hydroxyl groups excluding tert-OH is 1. The van der Waals surface area contributed by atoms with Gasteiger partial charge in [0.1, 0.15) is 0 Å². The van der Waals surface area contributed by atoms with Gasteiger partial charge in [0, 0.05) is 17.3 Å². The quantitative estimate of drug-likeness (QED) is 0.887. The van der Waals surface area contributed by atoms with E-state index in [0.29, 0.717) is 6.54 Å². The summed E-state index contributed by atoms with van der Waals surface area (Å²) in [4.78, 5) is 0.945. The lowest BCUT2D eigenvalue weighted by atomic mass is 9.90. The second-order valence-electron chi connectivity index (χ2n) is 4.77. The van der Waals surface area contributed by atoms with Crippen LogP contribution in [0.1, 0.15) is 33.6 Å². The molecule has 3 N–H and O–H groups in total. The maximum absolute atomic E-state index is 10.5. The van der Waals surface area contributed by atoms with Crippen molar-refractivity contribution in [2.45, 2.75) is 25.9 Å². The van der Waals surface area contributed by atoms with Crippen LogP contribution >= 0.6 is 27.3 Å². The van der Waals surface area contributed by atoms with Gasteiger partial charge in [0.2, 0.25) is 0 Å². The van der Waals surface area contributed by atoms with E-state index in [4.69, 9.17) is 5.73 Å². The van der Waals surface area contributed by atoms with E-state index in [1.54, 1.807) is 11.3 Å². The Balaban J connectivity index is 2.30. The van der Waals surface area contributed by atoms with Crippen molar-refractivity contribution in [1.82, 2.24) is 0 Å². The van der Waals surface area contributed by atoms with Crippen LogP contribution in [0, 0.1) is 13.8 Å². The van der Waals surface area contributed by atoms with E-state index in [2.05, 4.69) is 48.0 Å². The Hall–Kier alpha value is -0.680. The van der Waals surface area contributed by atoms with Crippen molar-refractivity contribution >= 4 is 27.3 Å². The van der Waals surface area contributed by atoms with E-state index in [1.165, 1.54) is 11.1 Å². The van der Waals surface area contributed by atoms with Gasteiger partial charge in [-0.1, -0.05) is 18.2 Å². The molecule has 0 amide bonds. The number of thiophene rings is 1. The summed E-state index contributed by atoms with van der Waals surface area (Å²) in [5.41, 5.74) is 9.46. The van der Waals surface area contributed by atoms with Crippen LogP contribution in [-0.4, -0.2) is 11.7 Å². The Morgan fingerprint density at radius 3 is 2.47 bits per heavy atom. The molecule has 1 heterocycles. The summed E-state index contributed by atoms with van der Waals surface area (Å²) < 4.78 is 1.03. The van der Waals surface area contributed by atoms with Gasteiger partial charge in [-0.15, -0.1) is 11.3 Å². The first-order valence-electron chi connectivity index (χ1n) is 6.23. The molecular weight excluding hydrogens is 322 g/mol. The van der Waals surface area contributed by atoms with Crippen LogP contribution in [0.15, 0.2) is 34.1 Å². The zero-order valence-electron chi connectivity index (χ0n) is 11.1. The maximum Gasteiger partial charge on any atom is 0.0962 e. The predicted octanol–water partition coefficient (Wildman–Crippen LogP) is 3.90. The Labute approximate surface area is 126 Å². The summed E-state index contributed by atoms with van der Waals surface area (Å²) in [7, 11) is 0. The summed E-state index contributed by atoms with van der Waals surface area (Å²) in [6, 6.07) is 10.2. The van der Waals surface area contributed by atoms with Crippen molar-refractivity contribution in [2.75, 3.05) is 6.54 Å². The van der Waals surface area contributed by atoms with E-state index in [1.807, 2.05) is 12.1 Å². The minimum Gasteiger partial charge on any atom is -0.387 e. The first kappa shape index (κ1) is 14.7. The number of nitrogens with two attached hydrogens (primary N) is 1. The lowest BCUT2D eigenvalue weighted by Gasteiger charge is -2.21. The Kier molecular flexibility index (Phi) is 4.79. The molecule has 0 fully saturated rings. The highest BCUT2D eigenvalue weighted by Gasteiger charge is 2.23. The molecule has 2 nitrogen and oxygen atoms in total. The first-order chi connectivity index (χ1) is 9.02. The van der Waals surface area contributed by atoms with E-state index < -0.39 is 6.10 Å². The molecule has 0 spiro atoms. The SMILES string of the molecule is Cc1ccc(C(CN)C(O)c2ccc(Br)s2)cc1C. The molecule has 0 saturated heterocycles. The predicted molar refractivity (Wildman–Crippen MR) is 84.7 cm³/mol. The average molecular weight is 340 g/mol. The van der Waals surface area contributed by atoms with Gasteiger partial charge in [0.15, 0.2) is 0 Å². The highest BCUT2D eigenvalue weighted by Crippen LogP contribution is 2.36. The summed E-state index contributed by atoms with van der Waals surface area (Å²) in [5.74, 6) is -0.0650. The fourth-order valence-electron chi connectivity index (χ4n) is 2.13. The van der Waals surface area contributed by atoms with E-state index in [-0.39, 0.29) is 5.92 Å². The van der Waals surface area contributed by atoms with Gasteiger partial charge in [-0.25, -0.2) is 0 Å². The smallest absolute Gasteiger partial charge is 0.0962 e. The van der Waals surface area contributed by atoms with Crippen molar-refractivity contribution in [2.24, 2.45) is 5.73 Å². The Morgan fingerprint density at radius 2 is 1.95 bits per heavy atom. The van der Waals surface area contributed by atoms with Crippen LogP contribution in [0.3, 0.4) is 0 Å². The fraction of sp³-hybridized carbons (Fsp3) is 0.333. The molecule has 4 heteroatoms. The number of hydrogen-bond donors (Lipinski definition) is 2. The van der Waals surface area contributed by atoms with Gasteiger partial charge < -0.3 is 10.8 Å². The third-order valence-corrected chi connectivity index (χ3v) is 5.17. The van der Waals surface area contributed by atoms with Crippen molar-refractivity contribution in [3.63, 3.8) is 0 Å². The standard InChI is InChI=1S/C15H18BrNOS/c1-9-3-4-11(7-10(9)2)12(8-17)15(18)13-5-6-14(16)19-13/h3-7,12,15,18H,8,17H2,1-2H3. The molecule has 0 aliphatic heterocycles. The van der Waals surface area contributed by atoms with Crippen LogP contribution in [0.2, 0.25) is 0 Å². The first-order valence-corrected chi connectivity index (χ1v) is 7.84. The van der Waals surface area contributed by atoms with E-state index in [9.17, 15) is 5.11 Å². The van der Waals surface area contributed by atoms with Crippen molar-refractivity contribution in [3.05, 3.63) is 55.7 Å². The molecule has 0 aliphatic carbocycles. The van der Waals surface area contributed by atoms with Gasteiger partial charge in [-0.2, -0.15) is 0 Å². The second kappa shape index (κ2) is 6.18. The summed E-state index contributed by atoms with van der Waals surface area (Å²) in [6.45, 7) is 4.60. The lowest BCUT2D eigenvalue weighted by molar-refractivity contribution is 0.151. The molecular formula is C15H18BrNOS. The minimum atomic E-state index is -0.552. The number of aliphatic hydroxyl groups is 1. The Bertz CT molecular complexity index is 567. The van der Waals surface area contributed by atoms with Crippen molar-refractivity contribution < 1.29 is 5.11 Å². The largest absolute Gasteiger partial charge is 0.387 e. The highest BCUT2D eigenvalue weighted by molar-refractivity contribution is 9.11. The highest BCUT2D eigenvalue weighted by atomic mass is 79.9. The molecule has 2 aromatic rings. The number of hydrogen-bond acceptors (Lipinski definition) is 3. The molecule has 2 unspecified atom stereocenters. The van der Waals surface area contributed by atoms with Gasteiger partial charge in [-0.05, 0) is 58.6 Å². The monoisotopic (exact) mass is 339 g/mol. The molecule has 0 saturated carbocycles. The lowest BCUT2D eigenvalue weighted by Crippen LogP contribution is -2.19. The average Bonchev–Trinajstić information content (AvgIpc) is 2.81. The molecule has 19 heavy (non-hydrogen) atoms. The van der Waals surface area contributed by atoms with E-state index in [0.717, 1.165) is 14.2 Å². The van der Waals surface area contributed by atoms with Crippen molar-refractivity contribution in [3.8, 4) is 0 Å². The number of rotatable bonds is 4. The van der Waals surface area contributed by atoms with Gasteiger partial charge in [-0.3, -0.25) is 0 Å². The molecule has 102 valence electrons. The van der Waals surface area contributed by atoms with Crippen LogP contribution in [0.25, 0.3) is 0 Å². The third-order valence-electron chi connectivity index (χ3n) is 3.48. The van der Waals surface area contributed by atoms with Crippen molar-refractivity contribution in [1.29, 1.82) is 0 Å². The zero-order valence-corrected chi connectivity index (χ0v) is 13.5. The number of halogens is 1. The molecule has 2 atom stereocenters. The van der Waals surface area contributed by atoms with Gasteiger partial charge >= 0.3 is 0 Å². The number of benzene rings is 1. The fourth-order valence-corrected chi connectivity index (χ4v) is 3.60. The normalized spacial score (nSPS) is 14.4. The molecule has 0 bridgehead atoms. The van der Waals surface area contributed by atoms with Crippen LogP contribution in [-0.2, 0) is 0 Å². The third kappa shape index (κ3) is 3.26. The zero-order chi connectivity index (χ0) is 14.0. The van der Waals surface area contributed by atoms with Gasteiger partial charge in [0.25, 0.3) is 0 Å². The number of aryl methyl sites for hydroxylation is 2. The van der Waals surface area contributed by atoms with E-state index >= 15 is 0 Å². The summed E-state index contributed by atoms with van der Waals surface area (Å²) in [6.07, 6.45) is -0.552. The summed E-state index contributed by atoms with van der Waals surface area (Å²) in [5, 5.41) is 10.5. The minimum absolute atomic E-state index is 0.0650. The maximum atomic E-state index is 10.5.